The second-order valence-electron chi connectivity index (χ2n) is 2.97. The van der Waals surface area contributed by atoms with Crippen LogP contribution in [0.15, 0.2) is 12.3 Å². The third kappa shape index (κ3) is 1.02. The van der Waals surface area contributed by atoms with Crippen LogP contribution in [-0.2, 0) is 0 Å². The number of hydrogen-bond donors (Lipinski definition) is 2. The summed E-state index contributed by atoms with van der Waals surface area (Å²) in [6, 6.07) is 1.74. The number of nitrogen functional groups attached to an aromatic ring is 2. The summed E-state index contributed by atoms with van der Waals surface area (Å²) >= 11 is 0. The first-order valence-corrected chi connectivity index (χ1v) is 3.79. The van der Waals surface area contributed by atoms with Crippen molar-refractivity contribution < 1.29 is 0 Å². The lowest BCUT2D eigenvalue weighted by Gasteiger charge is -2.03. The van der Waals surface area contributed by atoms with Crippen LogP contribution >= 0.6 is 0 Å². The van der Waals surface area contributed by atoms with Gasteiger partial charge in [-0.1, -0.05) is 0 Å². The fourth-order valence-electron chi connectivity index (χ4n) is 1.19. The van der Waals surface area contributed by atoms with Gasteiger partial charge < -0.3 is 11.5 Å². The maximum atomic E-state index is 5.74. The summed E-state index contributed by atoms with van der Waals surface area (Å²) in [4.78, 5) is 4.20. The highest BCUT2D eigenvalue weighted by molar-refractivity contribution is 5.66. The Hall–Kier alpha value is -1.25. The average molecular weight is 149 g/mol. The molecule has 0 radical (unpaired) electrons. The van der Waals surface area contributed by atoms with Gasteiger partial charge >= 0.3 is 0 Å². The van der Waals surface area contributed by atoms with Crippen LogP contribution in [-0.4, -0.2) is 4.98 Å². The molecule has 58 valence electrons. The first-order valence-electron chi connectivity index (χ1n) is 3.79. The Morgan fingerprint density at radius 2 is 2.09 bits per heavy atom. The van der Waals surface area contributed by atoms with Gasteiger partial charge in [-0.05, 0) is 18.9 Å². The molecule has 3 heteroatoms. The fraction of sp³-hybridized carbons (Fsp3) is 0.375. The molecule has 11 heavy (non-hydrogen) atoms. The molecule has 1 aromatic heterocycles. The smallest absolute Gasteiger partial charge is 0.0769 e. The minimum Gasteiger partial charge on any atom is -0.397 e. The lowest BCUT2D eigenvalue weighted by atomic mass is 10.2. The molecule has 0 aromatic carbocycles. The van der Waals surface area contributed by atoms with Crippen LogP contribution in [0.25, 0.3) is 0 Å². The normalized spacial score (nSPS) is 16.7. The molecule has 1 heterocycles. The molecular weight excluding hydrogens is 138 g/mol. The molecule has 0 unspecified atom stereocenters. The lowest BCUT2D eigenvalue weighted by Crippen LogP contribution is -2.00. The van der Waals surface area contributed by atoms with Crippen LogP contribution in [0.2, 0.25) is 0 Å². The van der Waals surface area contributed by atoms with Gasteiger partial charge in [-0.15, -0.1) is 0 Å². The number of aromatic nitrogens is 1. The highest BCUT2D eigenvalue weighted by Gasteiger charge is 2.27. The molecule has 3 nitrogen and oxygen atoms in total. The van der Waals surface area contributed by atoms with E-state index >= 15 is 0 Å². The molecule has 1 aromatic rings. The lowest BCUT2D eigenvalue weighted by molar-refractivity contribution is 1.03. The van der Waals surface area contributed by atoms with Crippen molar-refractivity contribution in [3.8, 4) is 0 Å². The van der Waals surface area contributed by atoms with Crippen LogP contribution in [0.3, 0.4) is 0 Å². The zero-order valence-corrected chi connectivity index (χ0v) is 6.25. The molecule has 2 rings (SSSR count). The van der Waals surface area contributed by atoms with E-state index in [-0.39, 0.29) is 0 Å². The van der Waals surface area contributed by atoms with Crippen molar-refractivity contribution in [1.29, 1.82) is 0 Å². The average Bonchev–Trinajstić information content (AvgIpc) is 2.77. The van der Waals surface area contributed by atoms with Crippen molar-refractivity contribution in [1.82, 2.24) is 4.98 Å². The first kappa shape index (κ1) is 6.46. The van der Waals surface area contributed by atoms with E-state index in [4.69, 9.17) is 11.5 Å². The summed E-state index contributed by atoms with van der Waals surface area (Å²) in [7, 11) is 0. The van der Waals surface area contributed by atoms with Crippen molar-refractivity contribution in [3.05, 3.63) is 18.0 Å². The standard InChI is InChI=1S/C8H11N3/c9-6-3-4-11-8(7(6)10)5-1-2-5/h3-5H,1-2,10H2,(H2,9,11). The Balaban J connectivity index is 2.45. The van der Waals surface area contributed by atoms with Gasteiger partial charge in [-0.2, -0.15) is 0 Å². The number of anilines is 2. The van der Waals surface area contributed by atoms with Gasteiger partial charge in [0.2, 0.25) is 0 Å². The molecule has 4 N–H and O–H groups in total. The Labute approximate surface area is 65.4 Å². The van der Waals surface area contributed by atoms with E-state index in [9.17, 15) is 0 Å². The van der Waals surface area contributed by atoms with Crippen LogP contribution in [0.5, 0.6) is 0 Å². The summed E-state index contributed by atoms with van der Waals surface area (Å²) in [5, 5.41) is 0. The second kappa shape index (κ2) is 2.12. The topological polar surface area (TPSA) is 64.9 Å². The van der Waals surface area contributed by atoms with E-state index in [1.807, 2.05) is 0 Å². The molecule has 0 aliphatic heterocycles. The van der Waals surface area contributed by atoms with Crippen molar-refractivity contribution in [3.63, 3.8) is 0 Å². The highest BCUT2D eigenvalue weighted by Crippen LogP contribution is 2.42. The second-order valence-corrected chi connectivity index (χ2v) is 2.97. The summed E-state index contributed by atoms with van der Waals surface area (Å²) in [5.41, 5.74) is 13.7. The Morgan fingerprint density at radius 3 is 2.73 bits per heavy atom. The minimum atomic E-state index is 0.582. The van der Waals surface area contributed by atoms with Crippen molar-refractivity contribution in [2.75, 3.05) is 11.5 Å². The van der Waals surface area contributed by atoms with Crippen molar-refractivity contribution in [2.45, 2.75) is 18.8 Å². The monoisotopic (exact) mass is 149 g/mol. The molecule has 0 bridgehead atoms. The van der Waals surface area contributed by atoms with Crippen molar-refractivity contribution in [2.24, 2.45) is 0 Å². The summed E-state index contributed by atoms with van der Waals surface area (Å²) in [5.74, 6) is 0.582. The summed E-state index contributed by atoms with van der Waals surface area (Å²) in [6.45, 7) is 0. The van der Waals surface area contributed by atoms with E-state index in [2.05, 4.69) is 4.98 Å². The molecular formula is C8H11N3. The van der Waals surface area contributed by atoms with Crippen LogP contribution in [0, 0.1) is 0 Å². The van der Waals surface area contributed by atoms with Gasteiger partial charge in [-0.25, -0.2) is 0 Å². The molecule has 0 spiro atoms. The van der Waals surface area contributed by atoms with Gasteiger partial charge in [0.25, 0.3) is 0 Å². The summed E-state index contributed by atoms with van der Waals surface area (Å²) < 4.78 is 0. The minimum absolute atomic E-state index is 0.582. The maximum absolute atomic E-state index is 5.74. The number of nitrogens with zero attached hydrogens (tertiary/aromatic N) is 1. The van der Waals surface area contributed by atoms with Crippen LogP contribution < -0.4 is 11.5 Å². The number of pyridine rings is 1. The largest absolute Gasteiger partial charge is 0.397 e. The summed E-state index contributed by atoms with van der Waals surface area (Å²) in [6.07, 6.45) is 4.14. The number of nitrogens with two attached hydrogens (primary N) is 2. The van der Waals surface area contributed by atoms with Gasteiger partial charge in [-0.3, -0.25) is 4.98 Å². The third-order valence-corrected chi connectivity index (χ3v) is 2.02. The quantitative estimate of drug-likeness (QED) is 0.629. The molecule has 0 amide bonds. The van der Waals surface area contributed by atoms with Crippen LogP contribution in [0.1, 0.15) is 24.5 Å². The van der Waals surface area contributed by atoms with E-state index in [0.29, 0.717) is 17.3 Å². The Morgan fingerprint density at radius 1 is 1.36 bits per heavy atom. The molecule has 1 saturated carbocycles. The number of rotatable bonds is 1. The molecule has 0 atom stereocenters. The van der Waals surface area contributed by atoms with Gasteiger partial charge in [0.1, 0.15) is 0 Å². The van der Waals surface area contributed by atoms with Gasteiger partial charge in [0.15, 0.2) is 0 Å². The molecule has 1 aliphatic carbocycles. The third-order valence-electron chi connectivity index (χ3n) is 2.02. The van der Waals surface area contributed by atoms with E-state index in [1.165, 1.54) is 12.8 Å². The predicted molar refractivity (Wildman–Crippen MR) is 45.0 cm³/mol. The van der Waals surface area contributed by atoms with Crippen molar-refractivity contribution >= 4 is 11.4 Å². The maximum Gasteiger partial charge on any atom is 0.0769 e. The zero-order valence-electron chi connectivity index (χ0n) is 6.25. The highest BCUT2D eigenvalue weighted by atomic mass is 14.8. The zero-order chi connectivity index (χ0) is 7.84. The molecule has 1 fully saturated rings. The van der Waals surface area contributed by atoms with E-state index in [1.54, 1.807) is 12.3 Å². The van der Waals surface area contributed by atoms with E-state index in [0.717, 1.165) is 5.69 Å². The predicted octanol–water partition coefficient (Wildman–Crippen LogP) is 1.12. The fourth-order valence-corrected chi connectivity index (χ4v) is 1.19. The SMILES string of the molecule is Nc1ccnc(C2CC2)c1N. The van der Waals surface area contributed by atoms with Crippen LogP contribution in [0.4, 0.5) is 11.4 Å². The van der Waals surface area contributed by atoms with Gasteiger partial charge in [0.05, 0.1) is 17.1 Å². The molecule has 1 aliphatic rings. The number of hydrogen-bond acceptors (Lipinski definition) is 3. The van der Waals surface area contributed by atoms with Gasteiger partial charge in [0, 0.05) is 12.1 Å². The van der Waals surface area contributed by atoms with E-state index < -0.39 is 0 Å². The Kier molecular flexibility index (Phi) is 1.24. The first-order chi connectivity index (χ1) is 5.29. The molecule has 0 saturated heterocycles. The Bertz CT molecular complexity index is 279.